The molecule has 1 fully saturated rings. The molecule has 1 aliphatic heterocycles. The van der Waals surface area contributed by atoms with Gasteiger partial charge < -0.3 is 40.7 Å². The van der Waals surface area contributed by atoms with Gasteiger partial charge in [0.25, 0.3) is 0 Å². The quantitative estimate of drug-likeness (QED) is 0.183. The standard InChI is InChI=1S/C37H63N5O7/c1-12-23(4)31(41(9)35(46)30(22(2)3)40-36(47)37(7,8)38)28(48-10)21-29(43)42-20-16-19-27(42)33(49-11)24(5)34(45)39-25(6)32(44)26-17-14-13-15-18-26/h13-15,17-18,22-25,27-28,30-33,44H,12,16,19-21,38H2,1-11H3,(H,39,45)(H,40,47). The van der Waals surface area contributed by atoms with Gasteiger partial charge in [-0.25, -0.2) is 0 Å². The number of aliphatic hydroxyl groups excluding tert-OH is 1. The Bertz CT molecular complexity index is 1220. The van der Waals surface area contributed by atoms with Crippen molar-refractivity contribution in [3.8, 4) is 0 Å². The summed E-state index contributed by atoms with van der Waals surface area (Å²) in [4.78, 5) is 57.6. The summed E-state index contributed by atoms with van der Waals surface area (Å²) in [5.41, 5.74) is 5.56. The molecule has 4 amide bonds. The van der Waals surface area contributed by atoms with Gasteiger partial charge in [-0.3, -0.25) is 19.2 Å². The number of hydrogen-bond acceptors (Lipinski definition) is 8. The van der Waals surface area contributed by atoms with E-state index in [4.69, 9.17) is 15.2 Å². The van der Waals surface area contributed by atoms with Gasteiger partial charge in [0.15, 0.2) is 0 Å². The fourth-order valence-electron chi connectivity index (χ4n) is 6.74. The minimum absolute atomic E-state index is 0.0193. The summed E-state index contributed by atoms with van der Waals surface area (Å²) < 4.78 is 11.8. The molecular weight excluding hydrogens is 626 g/mol. The number of amides is 4. The Morgan fingerprint density at radius 1 is 1.04 bits per heavy atom. The minimum Gasteiger partial charge on any atom is -0.386 e. The van der Waals surface area contributed by atoms with E-state index in [1.54, 1.807) is 58.8 Å². The van der Waals surface area contributed by atoms with Crippen LogP contribution < -0.4 is 16.4 Å². The molecule has 1 saturated heterocycles. The summed E-state index contributed by atoms with van der Waals surface area (Å²) in [6.45, 7) is 15.0. The van der Waals surface area contributed by atoms with E-state index in [0.717, 1.165) is 12.8 Å². The maximum Gasteiger partial charge on any atom is 0.245 e. The molecule has 278 valence electrons. The zero-order valence-electron chi connectivity index (χ0n) is 31.6. The third-order valence-corrected chi connectivity index (χ3v) is 10.0. The molecule has 2 rings (SSSR count). The van der Waals surface area contributed by atoms with Crippen LogP contribution in [-0.4, -0.2) is 108 Å². The van der Waals surface area contributed by atoms with Crippen molar-refractivity contribution in [2.45, 2.75) is 129 Å². The average molecular weight is 690 g/mol. The second kappa shape index (κ2) is 18.8. The number of methoxy groups -OCH3 is 2. The Morgan fingerprint density at radius 3 is 2.16 bits per heavy atom. The number of carbonyl (C=O) groups is 4. The van der Waals surface area contributed by atoms with E-state index < -0.39 is 53.8 Å². The van der Waals surface area contributed by atoms with Gasteiger partial charge in [0.2, 0.25) is 23.6 Å². The maximum atomic E-state index is 14.1. The number of nitrogens with two attached hydrogens (primary N) is 1. The largest absolute Gasteiger partial charge is 0.386 e. The molecule has 1 aliphatic rings. The van der Waals surface area contributed by atoms with Crippen LogP contribution in [0.4, 0.5) is 0 Å². The fourth-order valence-corrected chi connectivity index (χ4v) is 6.74. The number of nitrogens with one attached hydrogen (secondary N) is 2. The first-order valence-corrected chi connectivity index (χ1v) is 17.7. The number of ether oxygens (including phenoxy) is 2. The third kappa shape index (κ3) is 11.0. The van der Waals surface area contributed by atoms with Crippen molar-refractivity contribution in [1.82, 2.24) is 20.4 Å². The summed E-state index contributed by atoms with van der Waals surface area (Å²) >= 11 is 0. The lowest BCUT2D eigenvalue weighted by atomic mass is 9.89. The van der Waals surface area contributed by atoms with Crippen molar-refractivity contribution < 1.29 is 33.8 Å². The Morgan fingerprint density at radius 2 is 1.65 bits per heavy atom. The Hall–Kier alpha value is -3.06. The molecule has 0 aromatic heterocycles. The highest BCUT2D eigenvalue weighted by atomic mass is 16.5. The Kier molecular flexibility index (Phi) is 16.2. The van der Waals surface area contributed by atoms with Gasteiger partial charge in [0, 0.05) is 27.8 Å². The van der Waals surface area contributed by atoms with E-state index in [0.29, 0.717) is 18.5 Å². The SMILES string of the molecule is CCC(C)C(C(CC(=O)N1CCCC1C(OC)C(C)C(=O)NC(C)C(O)c1ccccc1)OC)N(C)C(=O)C(NC(=O)C(C)(C)N)C(C)C. The van der Waals surface area contributed by atoms with Crippen LogP contribution in [0.1, 0.15) is 92.7 Å². The summed E-state index contributed by atoms with van der Waals surface area (Å²) in [5.74, 6) is -1.97. The highest BCUT2D eigenvalue weighted by molar-refractivity contribution is 5.91. The molecule has 5 N–H and O–H groups in total. The maximum absolute atomic E-state index is 14.1. The van der Waals surface area contributed by atoms with Crippen LogP contribution in [0.2, 0.25) is 0 Å². The van der Waals surface area contributed by atoms with Crippen LogP contribution in [0, 0.1) is 17.8 Å². The van der Waals surface area contributed by atoms with Crippen molar-refractivity contribution in [3.63, 3.8) is 0 Å². The first-order chi connectivity index (χ1) is 22.9. The molecule has 0 spiro atoms. The van der Waals surface area contributed by atoms with Gasteiger partial charge in [-0.05, 0) is 51.0 Å². The van der Waals surface area contributed by atoms with E-state index in [9.17, 15) is 24.3 Å². The summed E-state index contributed by atoms with van der Waals surface area (Å²) in [6.07, 6.45) is 0.0864. The monoisotopic (exact) mass is 689 g/mol. The summed E-state index contributed by atoms with van der Waals surface area (Å²) in [7, 11) is 4.78. The predicted molar refractivity (Wildman–Crippen MR) is 190 cm³/mol. The van der Waals surface area contributed by atoms with Crippen LogP contribution in [0.15, 0.2) is 30.3 Å². The molecule has 0 aliphatic carbocycles. The molecule has 1 aromatic carbocycles. The minimum atomic E-state index is -1.16. The number of benzene rings is 1. The molecule has 12 nitrogen and oxygen atoms in total. The van der Waals surface area contributed by atoms with Crippen LogP contribution in [0.3, 0.4) is 0 Å². The number of aliphatic hydroxyl groups is 1. The van der Waals surface area contributed by atoms with Gasteiger partial charge in [-0.2, -0.15) is 0 Å². The smallest absolute Gasteiger partial charge is 0.245 e. The lowest BCUT2D eigenvalue weighted by molar-refractivity contribution is -0.148. The highest BCUT2D eigenvalue weighted by Gasteiger charge is 2.43. The first kappa shape index (κ1) is 42.1. The van der Waals surface area contributed by atoms with Gasteiger partial charge in [-0.15, -0.1) is 0 Å². The molecule has 1 aromatic rings. The molecule has 12 heteroatoms. The average Bonchev–Trinajstić information content (AvgIpc) is 3.55. The van der Waals surface area contributed by atoms with E-state index in [1.165, 1.54) is 0 Å². The number of rotatable bonds is 18. The normalized spacial score (nSPS) is 20.0. The zero-order valence-corrected chi connectivity index (χ0v) is 31.6. The van der Waals surface area contributed by atoms with Crippen molar-refractivity contribution in [1.29, 1.82) is 0 Å². The molecular formula is C37H63N5O7. The second-order valence-corrected chi connectivity index (χ2v) is 14.7. The number of likely N-dealkylation sites (tertiary alicyclic amines) is 1. The Labute approximate surface area is 293 Å². The molecule has 1 heterocycles. The van der Waals surface area contributed by atoms with Crippen molar-refractivity contribution in [3.05, 3.63) is 35.9 Å². The van der Waals surface area contributed by atoms with Crippen LogP contribution in [0.5, 0.6) is 0 Å². The van der Waals surface area contributed by atoms with Crippen LogP contribution >= 0.6 is 0 Å². The summed E-state index contributed by atoms with van der Waals surface area (Å²) in [6, 6.07) is 7.01. The predicted octanol–water partition coefficient (Wildman–Crippen LogP) is 3.02. The van der Waals surface area contributed by atoms with E-state index >= 15 is 0 Å². The first-order valence-electron chi connectivity index (χ1n) is 17.7. The lowest BCUT2D eigenvalue weighted by Gasteiger charge is -2.41. The van der Waals surface area contributed by atoms with E-state index in [2.05, 4.69) is 10.6 Å². The molecule has 0 saturated carbocycles. The second-order valence-electron chi connectivity index (χ2n) is 14.7. The van der Waals surface area contributed by atoms with Crippen LogP contribution in [-0.2, 0) is 28.7 Å². The third-order valence-electron chi connectivity index (χ3n) is 10.0. The lowest BCUT2D eigenvalue weighted by Crippen LogP contribution is -2.60. The summed E-state index contributed by atoms with van der Waals surface area (Å²) in [5, 5.41) is 16.6. The number of hydrogen-bond donors (Lipinski definition) is 4. The molecule has 9 atom stereocenters. The topological polar surface area (TPSA) is 164 Å². The van der Waals surface area contributed by atoms with Crippen molar-refractivity contribution in [2.75, 3.05) is 27.8 Å². The molecule has 0 bridgehead atoms. The van der Waals surface area contributed by atoms with Crippen LogP contribution in [0.25, 0.3) is 0 Å². The van der Waals surface area contributed by atoms with Gasteiger partial charge in [0.05, 0.1) is 54.3 Å². The highest BCUT2D eigenvalue weighted by Crippen LogP contribution is 2.30. The molecule has 9 unspecified atom stereocenters. The van der Waals surface area contributed by atoms with Gasteiger partial charge in [0.1, 0.15) is 6.04 Å². The van der Waals surface area contributed by atoms with E-state index in [-0.39, 0.29) is 42.0 Å². The number of nitrogens with zero attached hydrogens (tertiary/aromatic N) is 2. The number of carbonyl (C=O) groups excluding carboxylic acids is 4. The van der Waals surface area contributed by atoms with Gasteiger partial charge >= 0.3 is 0 Å². The molecule has 49 heavy (non-hydrogen) atoms. The molecule has 0 radical (unpaired) electrons. The number of likely N-dealkylation sites (N-methyl/N-ethyl adjacent to an activating group) is 1. The van der Waals surface area contributed by atoms with E-state index in [1.807, 2.05) is 58.0 Å². The van der Waals surface area contributed by atoms with Crippen molar-refractivity contribution >= 4 is 23.6 Å². The van der Waals surface area contributed by atoms with Gasteiger partial charge in [-0.1, -0.05) is 71.4 Å². The zero-order chi connectivity index (χ0) is 37.2. The Balaban J connectivity index is 2.23. The fraction of sp³-hybridized carbons (Fsp3) is 0.730. The van der Waals surface area contributed by atoms with Crippen molar-refractivity contribution in [2.24, 2.45) is 23.5 Å².